The second kappa shape index (κ2) is 6.34. The van der Waals surface area contributed by atoms with Crippen molar-refractivity contribution in [1.29, 1.82) is 0 Å². The van der Waals surface area contributed by atoms with Crippen LogP contribution in [0.1, 0.15) is 23.1 Å². The smallest absolute Gasteiger partial charge is 0.251 e. The van der Waals surface area contributed by atoms with Gasteiger partial charge in [0.15, 0.2) is 0 Å². The van der Waals surface area contributed by atoms with Crippen LogP contribution in [-0.2, 0) is 16.1 Å². The van der Waals surface area contributed by atoms with Crippen molar-refractivity contribution in [2.45, 2.75) is 32.9 Å². The summed E-state index contributed by atoms with van der Waals surface area (Å²) < 4.78 is 0. The summed E-state index contributed by atoms with van der Waals surface area (Å²) in [6, 6.07) is 15.2. The lowest BCUT2D eigenvalue weighted by Crippen LogP contribution is -2.38. The van der Waals surface area contributed by atoms with Gasteiger partial charge >= 0.3 is 0 Å². The van der Waals surface area contributed by atoms with Crippen molar-refractivity contribution in [2.75, 3.05) is 4.90 Å². The van der Waals surface area contributed by atoms with E-state index in [1.165, 1.54) is 4.90 Å². The zero-order chi connectivity index (χ0) is 16.4. The number of aryl methyl sites for hydroxylation is 2. The van der Waals surface area contributed by atoms with Crippen LogP contribution < -0.4 is 10.2 Å². The number of anilines is 1. The Balaban J connectivity index is 1.75. The van der Waals surface area contributed by atoms with Gasteiger partial charge in [-0.25, -0.2) is 4.90 Å². The van der Waals surface area contributed by atoms with Gasteiger partial charge in [-0.1, -0.05) is 48.0 Å². The lowest BCUT2D eigenvalue weighted by atomic mass is 10.1. The molecular weight excluding hydrogens is 288 g/mol. The van der Waals surface area contributed by atoms with Crippen molar-refractivity contribution in [3.05, 3.63) is 65.2 Å². The van der Waals surface area contributed by atoms with Crippen LogP contribution >= 0.6 is 0 Å². The number of hydrogen-bond donors (Lipinski definition) is 1. The third-order valence-corrected chi connectivity index (χ3v) is 4.14. The summed E-state index contributed by atoms with van der Waals surface area (Å²) in [5, 5.41) is 3.20. The molecule has 0 radical (unpaired) electrons. The van der Waals surface area contributed by atoms with Crippen molar-refractivity contribution in [1.82, 2.24) is 5.32 Å². The number of nitrogens with zero attached hydrogens (tertiary/aromatic N) is 1. The molecule has 1 aliphatic rings. The van der Waals surface area contributed by atoms with Crippen molar-refractivity contribution in [2.24, 2.45) is 0 Å². The molecule has 2 amide bonds. The molecule has 1 fully saturated rings. The van der Waals surface area contributed by atoms with Gasteiger partial charge in [0.2, 0.25) is 5.91 Å². The van der Waals surface area contributed by atoms with Crippen LogP contribution in [-0.4, -0.2) is 17.9 Å². The van der Waals surface area contributed by atoms with Gasteiger partial charge in [0.25, 0.3) is 5.91 Å². The fourth-order valence-corrected chi connectivity index (χ4v) is 2.94. The molecule has 0 spiro atoms. The number of carbonyl (C=O) groups is 2. The van der Waals surface area contributed by atoms with E-state index in [1.54, 1.807) is 0 Å². The van der Waals surface area contributed by atoms with Crippen LogP contribution in [0.2, 0.25) is 0 Å². The summed E-state index contributed by atoms with van der Waals surface area (Å²) in [5.74, 6) is -0.314. The van der Waals surface area contributed by atoms with Crippen LogP contribution in [0.5, 0.6) is 0 Å². The van der Waals surface area contributed by atoms with E-state index in [4.69, 9.17) is 0 Å². The Morgan fingerprint density at radius 2 is 1.83 bits per heavy atom. The maximum atomic E-state index is 12.6. The first-order chi connectivity index (χ1) is 11.1. The Morgan fingerprint density at radius 1 is 1.09 bits per heavy atom. The van der Waals surface area contributed by atoms with Crippen LogP contribution in [0.3, 0.4) is 0 Å². The van der Waals surface area contributed by atoms with E-state index in [0.29, 0.717) is 12.2 Å². The highest BCUT2D eigenvalue weighted by Crippen LogP contribution is 2.27. The van der Waals surface area contributed by atoms with E-state index >= 15 is 0 Å². The fraction of sp³-hybridized carbons (Fsp3) is 0.263. The van der Waals surface area contributed by atoms with E-state index < -0.39 is 6.04 Å². The zero-order valence-electron chi connectivity index (χ0n) is 13.4. The second-order valence-corrected chi connectivity index (χ2v) is 5.98. The minimum Gasteiger partial charge on any atom is -0.301 e. The van der Waals surface area contributed by atoms with Gasteiger partial charge in [-0.05, 0) is 31.0 Å². The SMILES string of the molecule is Cc1ccc(N2C(=O)C[C@@H](NCc3ccccc3)C2=O)c(C)c1. The fourth-order valence-electron chi connectivity index (χ4n) is 2.94. The molecule has 2 aromatic rings. The van der Waals surface area contributed by atoms with Crippen LogP contribution in [0.15, 0.2) is 48.5 Å². The molecular formula is C19H20N2O2. The topological polar surface area (TPSA) is 49.4 Å². The van der Waals surface area contributed by atoms with Crippen LogP contribution in [0.25, 0.3) is 0 Å². The molecule has 23 heavy (non-hydrogen) atoms. The highest BCUT2D eigenvalue weighted by molar-refractivity contribution is 6.22. The van der Waals surface area contributed by atoms with Gasteiger partial charge in [0.05, 0.1) is 18.2 Å². The number of hydrogen-bond acceptors (Lipinski definition) is 3. The maximum absolute atomic E-state index is 12.6. The highest BCUT2D eigenvalue weighted by atomic mass is 16.2. The number of nitrogens with one attached hydrogen (secondary N) is 1. The largest absolute Gasteiger partial charge is 0.301 e. The first-order valence-electron chi connectivity index (χ1n) is 7.77. The first-order valence-corrected chi connectivity index (χ1v) is 7.77. The summed E-state index contributed by atoms with van der Waals surface area (Å²) >= 11 is 0. The molecule has 1 saturated heterocycles. The van der Waals surface area contributed by atoms with Gasteiger partial charge in [0, 0.05) is 6.54 Å². The van der Waals surface area contributed by atoms with Gasteiger partial charge in [-0.15, -0.1) is 0 Å². The number of imide groups is 1. The van der Waals surface area contributed by atoms with Gasteiger partial charge in [-0.3, -0.25) is 9.59 Å². The molecule has 1 atom stereocenters. The Hall–Kier alpha value is -2.46. The number of carbonyl (C=O) groups excluding carboxylic acids is 2. The third-order valence-electron chi connectivity index (χ3n) is 4.14. The summed E-state index contributed by atoms with van der Waals surface area (Å²) in [4.78, 5) is 26.2. The first kappa shape index (κ1) is 15.4. The molecule has 0 aromatic heterocycles. The number of benzene rings is 2. The predicted molar refractivity (Wildman–Crippen MR) is 90.1 cm³/mol. The maximum Gasteiger partial charge on any atom is 0.251 e. The predicted octanol–water partition coefficient (Wildman–Crippen LogP) is 2.73. The molecule has 0 aliphatic carbocycles. The third kappa shape index (κ3) is 3.17. The standard InChI is InChI=1S/C19H20N2O2/c1-13-8-9-17(14(2)10-13)21-18(22)11-16(19(21)23)20-12-15-6-4-3-5-7-15/h3-10,16,20H,11-12H2,1-2H3/t16-/m1/s1. The minimum atomic E-state index is -0.455. The van der Waals surface area contributed by atoms with Crippen molar-refractivity contribution < 1.29 is 9.59 Å². The van der Waals surface area contributed by atoms with Crippen molar-refractivity contribution in [3.63, 3.8) is 0 Å². The van der Waals surface area contributed by atoms with E-state index in [0.717, 1.165) is 16.7 Å². The van der Waals surface area contributed by atoms with E-state index in [2.05, 4.69) is 5.32 Å². The minimum absolute atomic E-state index is 0.146. The molecule has 0 bridgehead atoms. The summed E-state index contributed by atoms with van der Waals surface area (Å²) in [6.45, 7) is 4.49. The van der Waals surface area contributed by atoms with Crippen LogP contribution in [0, 0.1) is 13.8 Å². The molecule has 118 valence electrons. The quantitative estimate of drug-likeness (QED) is 0.884. The summed E-state index contributed by atoms with van der Waals surface area (Å²) in [7, 11) is 0. The van der Waals surface area contributed by atoms with E-state index in [-0.39, 0.29) is 18.2 Å². The summed E-state index contributed by atoms with van der Waals surface area (Å²) in [6.07, 6.45) is 0.207. The Morgan fingerprint density at radius 3 is 2.52 bits per heavy atom. The van der Waals surface area contributed by atoms with E-state index in [9.17, 15) is 9.59 Å². The molecule has 1 heterocycles. The van der Waals surface area contributed by atoms with Gasteiger partial charge < -0.3 is 5.32 Å². The normalized spacial score (nSPS) is 17.8. The van der Waals surface area contributed by atoms with E-state index in [1.807, 2.05) is 62.4 Å². The Kier molecular flexibility index (Phi) is 4.26. The Labute approximate surface area is 136 Å². The van der Waals surface area contributed by atoms with Crippen molar-refractivity contribution >= 4 is 17.5 Å². The highest BCUT2D eigenvalue weighted by Gasteiger charge is 2.39. The molecule has 0 unspecified atom stereocenters. The number of rotatable bonds is 4. The average Bonchev–Trinajstić information content (AvgIpc) is 2.81. The second-order valence-electron chi connectivity index (χ2n) is 5.98. The lowest BCUT2D eigenvalue weighted by molar-refractivity contribution is -0.121. The monoisotopic (exact) mass is 308 g/mol. The van der Waals surface area contributed by atoms with Crippen LogP contribution in [0.4, 0.5) is 5.69 Å². The Bertz CT molecular complexity index is 740. The average molecular weight is 308 g/mol. The molecule has 1 aliphatic heterocycles. The lowest BCUT2D eigenvalue weighted by Gasteiger charge is -2.18. The molecule has 4 nitrogen and oxygen atoms in total. The van der Waals surface area contributed by atoms with Gasteiger partial charge in [-0.2, -0.15) is 0 Å². The molecule has 3 rings (SSSR count). The molecule has 0 saturated carbocycles. The van der Waals surface area contributed by atoms with Gasteiger partial charge in [0.1, 0.15) is 0 Å². The molecule has 4 heteroatoms. The number of amides is 2. The zero-order valence-corrected chi connectivity index (χ0v) is 13.4. The summed E-state index contributed by atoms with van der Waals surface area (Å²) in [5.41, 5.74) is 3.84. The molecule has 2 aromatic carbocycles. The molecule has 1 N–H and O–H groups in total. The van der Waals surface area contributed by atoms with Crippen molar-refractivity contribution in [3.8, 4) is 0 Å².